The Morgan fingerprint density at radius 3 is 0.919 bits per heavy atom. The van der Waals surface area contributed by atoms with E-state index in [-0.39, 0.29) is 214 Å². The van der Waals surface area contributed by atoms with E-state index in [9.17, 15) is 81.8 Å². The van der Waals surface area contributed by atoms with Gasteiger partial charge in [0.25, 0.3) is 0 Å². The third-order valence-corrected chi connectivity index (χ3v) is 20.2. The highest BCUT2D eigenvalue weighted by molar-refractivity contribution is 7.99. The van der Waals surface area contributed by atoms with Gasteiger partial charge >= 0.3 is 0 Å². The largest absolute Gasteiger partial charge is 0.390 e. The van der Waals surface area contributed by atoms with E-state index in [0.29, 0.717) is 43.3 Å². The maximum atomic E-state index is 14.4. The number of rotatable bonds is 73. The summed E-state index contributed by atoms with van der Waals surface area (Å²) in [5.41, 5.74) is 29.3. The van der Waals surface area contributed by atoms with E-state index in [0.717, 1.165) is 53.9 Å². The van der Waals surface area contributed by atoms with Gasteiger partial charge in [-0.2, -0.15) is 11.8 Å². The molecule has 0 aromatic carbocycles. The standard InChI is InChI=1S/C77H141N19O26S/c1-59(2)55-122-56-61(97)58-123-57-60-42-65(101)96(77(60)113)21-15-63(99)83-20-13-11-12-14-64(100)89(27-35-115-4)48-75(111)93(31-39-119-8)52-69(105)86(24-18-80)46-73(109)91(29-37-117-6)50-67(103)84(22-16-78)44-71(107)90(28-36-116-5)49-66(102)85(23-17-79)45-72(108)92(30-38-118-7)51-68(104)87(25-19-81)47-74(110)95(33-41-121-10)54-76(112)94(32-40-120-9)53-70(106)88(26-34-114-3)43-62(82)98/h59-61,97H,11-58,78-81H2,1-10H3,(H2,82,98)(H,83,99). The first kappa shape index (κ1) is 113. The lowest BCUT2D eigenvalue weighted by Crippen LogP contribution is -2.54. The molecular formula is C77H141N19O26S. The number of ether oxygens (including phenoxy) is 9. The van der Waals surface area contributed by atoms with E-state index in [1.54, 1.807) is 0 Å². The zero-order valence-corrected chi connectivity index (χ0v) is 74.8. The molecule has 12 N–H and O–H groups in total. The van der Waals surface area contributed by atoms with Gasteiger partial charge in [-0.3, -0.25) is 81.6 Å². The number of carbonyl (C=O) groups excluding carboxylic acids is 16. The fourth-order valence-corrected chi connectivity index (χ4v) is 13.1. The van der Waals surface area contributed by atoms with Crippen molar-refractivity contribution in [1.29, 1.82) is 0 Å². The molecule has 0 spiro atoms. The fourth-order valence-electron chi connectivity index (χ4n) is 12.0. The normalized spacial score (nSPS) is 12.7. The van der Waals surface area contributed by atoms with Crippen LogP contribution in [0.4, 0.5) is 0 Å². The van der Waals surface area contributed by atoms with Crippen molar-refractivity contribution in [3.8, 4) is 0 Å². The number of nitrogens with one attached hydrogen (secondary N) is 1. The Hall–Kier alpha value is -8.49. The van der Waals surface area contributed by atoms with Crippen LogP contribution in [-0.2, 0) is 119 Å². The summed E-state index contributed by atoms with van der Waals surface area (Å²) >= 11 is 1.36. The van der Waals surface area contributed by atoms with E-state index in [2.05, 4.69) is 5.32 Å². The molecule has 0 aromatic rings. The molecule has 1 rings (SSSR count). The van der Waals surface area contributed by atoms with Gasteiger partial charge in [-0.25, -0.2) is 0 Å². The number of nitrogens with zero attached hydrogens (tertiary/aromatic N) is 13. The molecule has 0 saturated carbocycles. The van der Waals surface area contributed by atoms with Crippen molar-refractivity contribution < 1.29 is 124 Å². The summed E-state index contributed by atoms with van der Waals surface area (Å²) in [4.78, 5) is 235. The minimum atomic E-state index is -0.801. The van der Waals surface area contributed by atoms with Crippen molar-refractivity contribution in [3.05, 3.63) is 0 Å². The number of nitrogens with two attached hydrogens (primary N) is 5. The topological polar surface area (TPSA) is 561 Å². The van der Waals surface area contributed by atoms with Gasteiger partial charge in [0.2, 0.25) is 94.5 Å². The van der Waals surface area contributed by atoms with E-state index in [1.807, 2.05) is 13.8 Å². The second-order valence-corrected chi connectivity index (χ2v) is 30.2. The van der Waals surface area contributed by atoms with Crippen LogP contribution in [0, 0.1) is 11.8 Å². The van der Waals surface area contributed by atoms with Crippen LogP contribution in [0.3, 0.4) is 0 Å². The summed E-state index contributed by atoms with van der Waals surface area (Å²) in [7, 11) is 11.0. The van der Waals surface area contributed by atoms with Gasteiger partial charge in [0.15, 0.2) is 0 Å². The number of carbonyl (C=O) groups is 16. The lowest BCUT2D eigenvalue weighted by molar-refractivity contribution is -0.149. The molecule has 46 heteroatoms. The molecule has 0 aromatic heterocycles. The number of unbranched alkanes of at least 4 members (excludes halogenated alkanes) is 2. The second kappa shape index (κ2) is 66.9. The van der Waals surface area contributed by atoms with Crippen LogP contribution in [0.25, 0.3) is 0 Å². The molecule has 0 radical (unpaired) electrons. The third-order valence-electron chi connectivity index (χ3n) is 19.0. The van der Waals surface area contributed by atoms with E-state index >= 15 is 0 Å². The molecule has 1 fully saturated rings. The van der Waals surface area contributed by atoms with Crippen molar-refractivity contribution >= 4 is 106 Å². The summed E-state index contributed by atoms with van der Waals surface area (Å²) in [5, 5.41) is 13.0. The maximum absolute atomic E-state index is 14.4. The summed E-state index contributed by atoms with van der Waals surface area (Å²) in [6.07, 6.45) is 0.610. The third kappa shape index (κ3) is 46.9. The summed E-state index contributed by atoms with van der Waals surface area (Å²) in [5.74, 6) is -9.92. The lowest BCUT2D eigenvalue weighted by Gasteiger charge is -2.33. The number of primary amides is 1. The van der Waals surface area contributed by atoms with Gasteiger partial charge in [-0.1, -0.05) is 20.3 Å². The molecule has 1 heterocycles. The van der Waals surface area contributed by atoms with E-state index in [1.165, 1.54) is 78.4 Å². The Morgan fingerprint density at radius 2 is 0.659 bits per heavy atom. The monoisotopic (exact) mass is 1780 g/mol. The van der Waals surface area contributed by atoms with Crippen molar-refractivity contribution in [3.63, 3.8) is 0 Å². The molecule has 706 valence electrons. The van der Waals surface area contributed by atoms with E-state index < -0.39 is 167 Å². The van der Waals surface area contributed by atoms with Gasteiger partial charge in [-0.15, -0.1) is 0 Å². The lowest BCUT2D eigenvalue weighted by atomic mass is 10.1. The zero-order valence-electron chi connectivity index (χ0n) is 73.9. The van der Waals surface area contributed by atoms with Crippen LogP contribution in [0.2, 0.25) is 0 Å². The molecule has 123 heavy (non-hydrogen) atoms. The number of likely N-dealkylation sites (tertiary alicyclic amines) is 1. The Morgan fingerprint density at radius 1 is 0.390 bits per heavy atom. The number of methoxy groups -OCH3 is 8. The first-order valence-corrected chi connectivity index (χ1v) is 42.3. The van der Waals surface area contributed by atoms with Crippen molar-refractivity contribution in [2.24, 2.45) is 40.5 Å². The molecule has 45 nitrogen and oxygen atoms in total. The van der Waals surface area contributed by atoms with Crippen LogP contribution < -0.4 is 34.0 Å². The summed E-state index contributed by atoms with van der Waals surface area (Å²) in [6, 6.07) is 0. The van der Waals surface area contributed by atoms with Crippen molar-refractivity contribution in [1.82, 2.24) is 69.0 Å². The van der Waals surface area contributed by atoms with Gasteiger partial charge in [0.1, 0.15) is 0 Å². The average molecular weight is 1780 g/mol. The molecule has 1 aliphatic heterocycles. The number of imide groups is 1. The molecule has 2 unspecified atom stereocenters. The summed E-state index contributed by atoms with van der Waals surface area (Å²) in [6.45, 7) is -5.16. The molecule has 2 atom stereocenters. The number of amides is 16. The molecular weight excluding hydrogens is 1640 g/mol. The van der Waals surface area contributed by atoms with Crippen LogP contribution in [0.5, 0.6) is 0 Å². The van der Waals surface area contributed by atoms with Gasteiger partial charge in [0, 0.05) is 212 Å². The zero-order chi connectivity index (χ0) is 92.2. The molecule has 1 aliphatic rings. The highest BCUT2D eigenvalue weighted by Gasteiger charge is 2.39. The van der Waals surface area contributed by atoms with Gasteiger partial charge in [0.05, 0.1) is 150 Å². The van der Waals surface area contributed by atoms with Crippen LogP contribution in [-0.4, -0.2) is 500 Å². The average Bonchev–Trinajstić information content (AvgIpc) is 1.69. The Bertz CT molecular complexity index is 3210. The number of hydrogen-bond acceptors (Lipinski definition) is 31. The van der Waals surface area contributed by atoms with E-state index in [4.69, 9.17) is 71.3 Å². The quantitative estimate of drug-likeness (QED) is 0.0220. The molecule has 0 aliphatic carbocycles. The highest BCUT2D eigenvalue weighted by Crippen LogP contribution is 2.24. The Kier molecular flexibility index (Phi) is 61.2. The number of aliphatic hydroxyl groups is 1. The number of aliphatic hydroxyl groups excluding tert-OH is 1. The predicted molar refractivity (Wildman–Crippen MR) is 449 cm³/mol. The molecule has 0 bridgehead atoms. The minimum absolute atomic E-state index is 0.0105. The smallest absolute Gasteiger partial charge is 0.242 e. The predicted octanol–water partition coefficient (Wildman–Crippen LogP) is -8.37. The Labute approximate surface area is 726 Å². The second-order valence-electron chi connectivity index (χ2n) is 29.2. The number of thioether (sulfide) groups is 1. The van der Waals surface area contributed by atoms with Crippen LogP contribution in [0.1, 0.15) is 52.4 Å². The molecule has 16 amide bonds. The van der Waals surface area contributed by atoms with Crippen LogP contribution in [0.15, 0.2) is 0 Å². The fraction of sp³-hybridized carbons (Fsp3) is 0.792. The van der Waals surface area contributed by atoms with Crippen LogP contribution >= 0.6 is 11.8 Å². The highest BCUT2D eigenvalue weighted by atomic mass is 32.2. The first-order chi connectivity index (χ1) is 58.8. The summed E-state index contributed by atoms with van der Waals surface area (Å²) < 4.78 is 47.3. The molecule has 1 saturated heterocycles. The Balaban J connectivity index is 3.28. The van der Waals surface area contributed by atoms with Crippen molar-refractivity contribution in [2.75, 3.05) is 331 Å². The minimum Gasteiger partial charge on any atom is -0.390 e. The van der Waals surface area contributed by atoms with Gasteiger partial charge in [-0.05, 0) is 18.8 Å². The number of hydrogen-bond donors (Lipinski definition) is 7. The van der Waals surface area contributed by atoms with Gasteiger partial charge < -0.3 is 141 Å². The first-order valence-electron chi connectivity index (χ1n) is 41.1. The van der Waals surface area contributed by atoms with Crippen molar-refractivity contribution in [2.45, 2.75) is 58.5 Å². The maximum Gasteiger partial charge on any atom is 0.242 e. The SMILES string of the molecule is COCCN(CC(N)=O)C(=O)CN(CCOC)C(=O)CN(CCOC)C(=O)CN(CCN)C(=O)CN(CCOC)C(=O)CN(CCN)C(=O)CN(CCOC)C(=O)CN(CCN)C(=O)CN(CCOC)C(=O)CN(CCN)C(=O)CN(CCOC)C(=O)CN(CCOC)C(=O)CCCCCNC(=O)CCN1C(=O)CC(CSCC(O)COCC(C)C)C1=O.